The molecule has 1 aliphatic rings. The summed E-state index contributed by atoms with van der Waals surface area (Å²) < 4.78 is 28.1. The molecule has 0 spiro atoms. The molecule has 0 aliphatic carbocycles. The second-order valence-electron chi connectivity index (χ2n) is 8.71. The van der Waals surface area contributed by atoms with Gasteiger partial charge in [0.15, 0.2) is 0 Å². The zero-order valence-electron chi connectivity index (χ0n) is 19.5. The average Bonchev–Trinajstić information content (AvgIpc) is 2.89. The van der Waals surface area contributed by atoms with E-state index < -0.39 is 10.0 Å². The van der Waals surface area contributed by atoms with Crippen LogP contribution in [0.2, 0.25) is 0 Å². The Kier molecular flexibility index (Phi) is 7.65. The largest absolute Gasteiger partial charge is 0.372 e. The van der Waals surface area contributed by atoms with E-state index in [2.05, 4.69) is 33.9 Å². The Bertz CT molecular complexity index is 1210. The van der Waals surface area contributed by atoms with Crippen molar-refractivity contribution in [1.29, 1.82) is 0 Å². The Hall–Kier alpha value is -3.16. The summed E-state index contributed by atoms with van der Waals surface area (Å²) in [5, 5.41) is 0. The molecule has 3 aromatic rings. The fraction of sp³-hybridized carbons (Fsp3) is 0.296. The van der Waals surface area contributed by atoms with Gasteiger partial charge in [0, 0.05) is 44.5 Å². The van der Waals surface area contributed by atoms with Crippen molar-refractivity contribution in [3.63, 3.8) is 0 Å². The number of carbonyl (C=O) groups is 1. The van der Waals surface area contributed by atoms with E-state index in [-0.39, 0.29) is 17.3 Å². The first-order chi connectivity index (χ1) is 16.4. The van der Waals surface area contributed by atoms with Gasteiger partial charge < -0.3 is 9.80 Å². The lowest BCUT2D eigenvalue weighted by molar-refractivity contribution is 0.0785. The van der Waals surface area contributed by atoms with E-state index in [9.17, 15) is 13.2 Å². The van der Waals surface area contributed by atoms with Gasteiger partial charge in [-0.3, -0.25) is 4.79 Å². The molecule has 0 aromatic heterocycles. The monoisotopic (exact) mass is 477 g/mol. The molecular weight excluding hydrogens is 446 g/mol. The van der Waals surface area contributed by atoms with E-state index >= 15 is 0 Å². The Balaban J connectivity index is 1.40. The summed E-state index contributed by atoms with van der Waals surface area (Å²) in [5.74, 6) is -0.222. The molecule has 3 aromatic carbocycles. The topological polar surface area (TPSA) is 69.7 Å². The summed E-state index contributed by atoms with van der Waals surface area (Å²) >= 11 is 0. The number of carbonyl (C=O) groups excluding carboxylic acids is 1. The lowest BCUT2D eigenvalue weighted by Crippen LogP contribution is -2.29. The van der Waals surface area contributed by atoms with Crippen LogP contribution in [0.25, 0.3) is 0 Å². The van der Waals surface area contributed by atoms with Crippen LogP contribution in [-0.4, -0.2) is 39.4 Å². The summed E-state index contributed by atoms with van der Waals surface area (Å²) in [4.78, 5) is 17.1. The number of hydrogen-bond acceptors (Lipinski definition) is 4. The summed E-state index contributed by atoms with van der Waals surface area (Å²) in [5.41, 5.74) is 3.46. The molecule has 1 saturated heterocycles. The van der Waals surface area contributed by atoms with Gasteiger partial charge in [-0.15, -0.1) is 0 Å². The minimum atomic E-state index is -3.74. The van der Waals surface area contributed by atoms with Crippen LogP contribution in [0.5, 0.6) is 0 Å². The van der Waals surface area contributed by atoms with Crippen LogP contribution in [0.3, 0.4) is 0 Å². The maximum atomic E-state index is 13.0. The van der Waals surface area contributed by atoms with Crippen LogP contribution in [0, 0.1) is 0 Å². The van der Waals surface area contributed by atoms with E-state index in [4.69, 9.17) is 0 Å². The number of amides is 1. The predicted molar refractivity (Wildman–Crippen MR) is 135 cm³/mol. The molecule has 1 amide bonds. The van der Waals surface area contributed by atoms with Gasteiger partial charge in [-0.1, -0.05) is 48.5 Å². The molecule has 0 bridgehead atoms. The van der Waals surface area contributed by atoms with E-state index in [1.807, 2.05) is 30.3 Å². The third kappa shape index (κ3) is 6.04. The normalized spacial score (nSPS) is 14.1. The van der Waals surface area contributed by atoms with E-state index in [0.717, 1.165) is 24.2 Å². The maximum Gasteiger partial charge on any atom is 0.253 e. The first-order valence-electron chi connectivity index (χ1n) is 11.7. The first kappa shape index (κ1) is 24.0. The van der Waals surface area contributed by atoms with Crippen molar-refractivity contribution in [2.75, 3.05) is 25.0 Å². The molecule has 0 saturated carbocycles. The Morgan fingerprint density at radius 2 is 1.59 bits per heavy atom. The van der Waals surface area contributed by atoms with Gasteiger partial charge in [0.05, 0.1) is 4.90 Å². The molecule has 1 fully saturated rings. The van der Waals surface area contributed by atoms with Crippen molar-refractivity contribution in [2.45, 2.75) is 37.2 Å². The molecule has 1 aliphatic heterocycles. The third-order valence-corrected chi connectivity index (χ3v) is 7.52. The molecule has 7 heteroatoms. The predicted octanol–water partition coefficient (Wildman–Crippen LogP) is 4.43. The molecule has 1 N–H and O–H groups in total. The number of hydrogen-bond donors (Lipinski definition) is 1. The van der Waals surface area contributed by atoms with Crippen LogP contribution in [0.15, 0.2) is 83.8 Å². The number of nitrogens with zero attached hydrogens (tertiary/aromatic N) is 2. The summed E-state index contributed by atoms with van der Waals surface area (Å²) in [6, 6.07) is 23.9. The van der Waals surface area contributed by atoms with Crippen molar-refractivity contribution < 1.29 is 13.2 Å². The van der Waals surface area contributed by atoms with Crippen molar-refractivity contribution in [3.05, 3.63) is 95.6 Å². The Morgan fingerprint density at radius 1 is 0.882 bits per heavy atom. The van der Waals surface area contributed by atoms with Gasteiger partial charge in [-0.25, -0.2) is 13.1 Å². The smallest absolute Gasteiger partial charge is 0.253 e. The summed E-state index contributed by atoms with van der Waals surface area (Å²) in [7, 11) is -2.01. The minimum absolute atomic E-state index is 0.0774. The number of rotatable bonds is 8. The van der Waals surface area contributed by atoms with Gasteiger partial charge in [-0.2, -0.15) is 0 Å². The Morgan fingerprint density at radius 3 is 2.29 bits per heavy atom. The first-order valence-corrected chi connectivity index (χ1v) is 13.1. The zero-order chi connectivity index (χ0) is 24.0. The van der Waals surface area contributed by atoms with Crippen LogP contribution in [0.1, 0.15) is 40.7 Å². The highest BCUT2D eigenvalue weighted by atomic mass is 32.2. The number of sulfonamides is 1. The number of anilines is 1. The molecule has 0 atom stereocenters. The molecule has 178 valence electrons. The van der Waals surface area contributed by atoms with Crippen LogP contribution in [-0.2, 0) is 23.1 Å². The Labute approximate surface area is 202 Å². The third-order valence-electron chi connectivity index (χ3n) is 6.12. The van der Waals surface area contributed by atoms with Crippen molar-refractivity contribution in [2.24, 2.45) is 0 Å². The van der Waals surface area contributed by atoms with Crippen molar-refractivity contribution in [3.8, 4) is 0 Å². The zero-order valence-corrected chi connectivity index (χ0v) is 20.3. The van der Waals surface area contributed by atoms with Gasteiger partial charge >= 0.3 is 0 Å². The summed E-state index contributed by atoms with van der Waals surface area (Å²) in [6.07, 6.45) is 3.76. The van der Waals surface area contributed by atoms with Crippen molar-refractivity contribution >= 4 is 21.6 Å². The second kappa shape index (κ2) is 10.8. The van der Waals surface area contributed by atoms with Crippen LogP contribution >= 0.6 is 0 Å². The molecule has 0 radical (unpaired) electrons. The fourth-order valence-electron chi connectivity index (χ4n) is 4.18. The molecule has 4 rings (SSSR count). The minimum Gasteiger partial charge on any atom is -0.372 e. The number of benzene rings is 3. The summed E-state index contributed by atoms with van der Waals surface area (Å²) in [6.45, 7) is 2.82. The highest BCUT2D eigenvalue weighted by molar-refractivity contribution is 7.89. The van der Waals surface area contributed by atoms with Gasteiger partial charge in [-0.05, 0) is 60.7 Å². The molecule has 1 heterocycles. The fourth-order valence-corrected chi connectivity index (χ4v) is 5.25. The standard InChI is InChI=1S/C27H31N3O3S/c1-29(21-23-13-15-25(16-14-23)30-17-6-3-7-18-30)27(31)24-11-8-12-26(19-24)34(32,33)28-20-22-9-4-2-5-10-22/h2,4-5,8-16,19,28H,3,6-7,17-18,20-21H2,1H3. The quantitative estimate of drug-likeness (QED) is 0.521. The average molecular weight is 478 g/mol. The van der Waals surface area contributed by atoms with Crippen LogP contribution < -0.4 is 9.62 Å². The van der Waals surface area contributed by atoms with E-state index in [1.54, 1.807) is 24.1 Å². The van der Waals surface area contributed by atoms with Gasteiger partial charge in [0.25, 0.3) is 5.91 Å². The highest BCUT2D eigenvalue weighted by Crippen LogP contribution is 2.21. The number of piperidine rings is 1. The lowest BCUT2D eigenvalue weighted by atomic mass is 10.1. The molecule has 34 heavy (non-hydrogen) atoms. The van der Waals surface area contributed by atoms with Gasteiger partial charge in [0.2, 0.25) is 10.0 Å². The molecule has 6 nitrogen and oxygen atoms in total. The molecular formula is C27H31N3O3S. The lowest BCUT2D eigenvalue weighted by Gasteiger charge is -2.29. The highest BCUT2D eigenvalue weighted by Gasteiger charge is 2.18. The van der Waals surface area contributed by atoms with E-state index in [1.165, 1.54) is 37.1 Å². The second-order valence-corrected chi connectivity index (χ2v) is 10.5. The molecule has 0 unspecified atom stereocenters. The SMILES string of the molecule is CN(Cc1ccc(N2CCCCC2)cc1)C(=O)c1cccc(S(=O)(=O)NCc2ccccc2)c1. The van der Waals surface area contributed by atoms with Gasteiger partial charge in [0.1, 0.15) is 0 Å². The van der Waals surface area contributed by atoms with E-state index in [0.29, 0.717) is 12.1 Å². The maximum absolute atomic E-state index is 13.0. The van der Waals surface area contributed by atoms with Crippen molar-refractivity contribution in [1.82, 2.24) is 9.62 Å². The van der Waals surface area contributed by atoms with Crippen LogP contribution in [0.4, 0.5) is 5.69 Å². The number of nitrogens with one attached hydrogen (secondary N) is 1.